The minimum atomic E-state index is -4.33. The summed E-state index contributed by atoms with van der Waals surface area (Å²) in [4.78, 5) is 0. The Morgan fingerprint density at radius 3 is 2.83 bits per heavy atom. The molecule has 5 nitrogen and oxygen atoms in total. The van der Waals surface area contributed by atoms with E-state index in [0.717, 1.165) is 12.2 Å². The summed E-state index contributed by atoms with van der Waals surface area (Å²) in [6.45, 7) is -0.923. The number of aliphatic hydroxyl groups excluding tert-OH is 1. The van der Waals surface area contributed by atoms with Crippen LogP contribution in [-0.4, -0.2) is 39.3 Å². The molecule has 0 fully saturated rings. The molecular weight excluding hydrogens is 251 g/mol. The van der Waals surface area contributed by atoms with Gasteiger partial charge in [-0.1, -0.05) is 0 Å². The van der Waals surface area contributed by atoms with Crippen LogP contribution in [0, 0.1) is 5.92 Å². The topological polar surface area (TPSA) is 60.2 Å². The number of alkyl halides is 3. The molecule has 1 aliphatic rings. The zero-order valence-corrected chi connectivity index (χ0v) is 9.65. The van der Waals surface area contributed by atoms with E-state index in [0.29, 0.717) is 18.8 Å². The Bertz CT molecular complexity index is 406. The molecule has 0 bridgehead atoms. The van der Waals surface area contributed by atoms with Gasteiger partial charge in [0.25, 0.3) is 0 Å². The van der Waals surface area contributed by atoms with Crippen LogP contribution in [0.5, 0.6) is 0 Å². The Balaban J connectivity index is 1.96. The molecule has 1 atom stereocenters. The van der Waals surface area contributed by atoms with Crippen molar-refractivity contribution in [3.8, 4) is 0 Å². The smallest absolute Gasteiger partial charge is 0.396 e. The first-order valence-electron chi connectivity index (χ1n) is 5.66. The van der Waals surface area contributed by atoms with Gasteiger partial charge < -0.3 is 14.4 Å². The lowest BCUT2D eigenvalue weighted by Crippen LogP contribution is -2.25. The monoisotopic (exact) mass is 265 g/mol. The number of ether oxygens (including phenoxy) is 1. The highest BCUT2D eigenvalue weighted by Crippen LogP contribution is 2.20. The second-order valence-electron chi connectivity index (χ2n) is 4.34. The van der Waals surface area contributed by atoms with Crippen LogP contribution in [0.4, 0.5) is 13.2 Å². The standard InChI is InChI=1S/C10H14F3N3O2/c11-10(12,13)6-18-5-9-15-14-8-2-1-7(4-17)3-16(8)9/h7,17H,1-6H2. The van der Waals surface area contributed by atoms with E-state index in [2.05, 4.69) is 14.9 Å². The van der Waals surface area contributed by atoms with Gasteiger partial charge in [-0.25, -0.2) is 0 Å². The molecule has 1 aromatic rings. The second kappa shape index (κ2) is 5.23. The number of hydrogen-bond donors (Lipinski definition) is 1. The third-order valence-corrected chi connectivity index (χ3v) is 2.88. The van der Waals surface area contributed by atoms with Gasteiger partial charge in [0.1, 0.15) is 19.0 Å². The summed E-state index contributed by atoms with van der Waals surface area (Å²) < 4.78 is 42.1. The number of nitrogens with zero attached hydrogens (tertiary/aromatic N) is 3. The molecule has 0 amide bonds. The van der Waals surface area contributed by atoms with Crippen LogP contribution in [0.15, 0.2) is 0 Å². The fraction of sp³-hybridized carbons (Fsp3) is 0.800. The molecule has 0 spiro atoms. The lowest BCUT2D eigenvalue weighted by Gasteiger charge is -2.22. The molecule has 0 aliphatic carbocycles. The number of hydrogen-bond acceptors (Lipinski definition) is 4. The summed E-state index contributed by atoms with van der Waals surface area (Å²) in [6, 6.07) is 0. The highest BCUT2D eigenvalue weighted by atomic mass is 19.4. The van der Waals surface area contributed by atoms with Gasteiger partial charge in [-0.15, -0.1) is 10.2 Å². The molecule has 2 heterocycles. The Labute approximate surface area is 102 Å². The van der Waals surface area contributed by atoms with E-state index in [-0.39, 0.29) is 19.1 Å². The first-order valence-corrected chi connectivity index (χ1v) is 5.66. The minimum Gasteiger partial charge on any atom is -0.396 e. The minimum absolute atomic E-state index is 0.0560. The number of aromatic nitrogens is 3. The molecule has 102 valence electrons. The number of aliphatic hydroxyl groups is 1. The van der Waals surface area contributed by atoms with Crippen molar-refractivity contribution in [3.05, 3.63) is 11.6 Å². The van der Waals surface area contributed by atoms with Crippen molar-refractivity contribution in [2.24, 2.45) is 5.92 Å². The van der Waals surface area contributed by atoms with Crippen LogP contribution in [0.25, 0.3) is 0 Å². The maximum absolute atomic E-state index is 11.9. The molecule has 1 aromatic heterocycles. The maximum atomic E-state index is 11.9. The van der Waals surface area contributed by atoms with Crippen LogP contribution >= 0.6 is 0 Å². The van der Waals surface area contributed by atoms with Crippen molar-refractivity contribution in [3.63, 3.8) is 0 Å². The lowest BCUT2D eigenvalue weighted by molar-refractivity contribution is -0.177. The van der Waals surface area contributed by atoms with Gasteiger partial charge in [-0.2, -0.15) is 13.2 Å². The zero-order valence-electron chi connectivity index (χ0n) is 9.65. The number of halogens is 3. The average Bonchev–Trinajstić information content (AvgIpc) is 2.70. The second-order valence-corrected chi connectivity index (χ2v) is 4.34. The van der Waals surface area contributed by atoms with E-state index in [1.165, 1.54) is 0 Å². The number of aryl methyl sites for hydroxylation is 1. The summed E-state index contributed by atoms with van der Waals surface area (Å²) in [7, 11) is 0. The van der Waals surface area contributed by atoms with Crippen LogP contribution < -0.4 is 0 Å². The molecule has 1 aliphatic heterocycles. The number of rotatable bonds is 4. The summed E-state index contributed by atoms with van der Waals surface area (Å²) in [5, 5.41) is 16.8. The van der Waals surface area contributed by atoms with Crippen molar-refractivity contribution in [2.45, 2.75) is 32.2 Å². The van der Waals surface area contributed by atoms with E-state index >= 15 is 0 Å². The van der Waals surface area contributed by atoms with Gasteiger partial charge >= 0.3 is 6.18 Å². The van der Waals surface area contributed by atoms with Gasteiger partial charge in [-0.05, 0) is 6.42 Å². The van der Waals surface area contributed by atoms with Crippen molar-refractivity contribution in [1.82, 2.24) is 14.8 Å². The lowest BCUT2D eigenvalue weighted by atomic mass is 10.0. The third kappa shape index (κ3) is 3.20. The highest BCUT2D eigenvalue weighted by Gasteiger charge is 2.28. The van der Waals surface area contributed by atoms with Crippen molar-refractivity contribution < 1.29 is 23.0 Å². The summed E-state index contributed by atoms with van der Waals surface area (Å²) >= 11 is 0. The Morgan fingerprint density at radius 2 is 2.17 bits per heavy atom. The SMILES string of the molecule is OCC1CCc2nnc(COCC(F)(F)F)n2C1. The molecule has 0 saturated carbocycles. The predicted molar refractivity (Wildman–Crippen MR) is 54.6 cm³/mol. The molecule has 8 heteroatoms. The van der Waals surface area contributed by atoms with Gasteiger partial charge in [-0.3, -0.25) is 0 Å². The number of fused-ring (bicyclic) bond motifs is 1. The van der Waals surface area contributed by atoms with E-state index in [9.17, 15) is 13.2 Å². The van der Waals surface area contributed by atoms with E-state index in [4.69, 9.17) is 5.11 Å². The zero-order chi connectivity index (χ0) is 13.2. The van der Waals surface area contributed by atoms with E-state index in [1.807, 2.05) is 0 Å². The fourth-order valence-electron chi connectivity index (χ4n) is 1.96. The molecule has 1 N–H and O–H groups in total. The molecule has 0 radical (unpaired) electrons. The van der Waals surface area contributed by atoms with Gasteiger partial charge in [0.2, 0.25) is 0 Å². The summed E-state index contributed by atoms with van der Waals surface area (Å²) in [5.41, 5.74) is 0. The Kier molecular flexibility index (Phi) is 3.86. The van der Waals surface area contributed by atoms with Crippen LogP contribution in [-0.2, 0) is 24.3 Å². The average molecular weight is 265 g/mol. The Morgan fingerprint density at radius 1 is 1.39 bits per heavy atom. The van der Waals surface area contributed by atoms with E-state index in [1.54, 1.807) is 4.57 Å². The first-order chi connectivity index (χ1) is 8.49. The van der Waals surface area contributed by atoms with Crippen molar-refractivity contribution >= 4 is 0 Å². The van der Waals surface area contributed by atoms with Crippen molar-refractivity contribution in [2.75, 3.05) is 13.2 Å². The predicted octanol–water partition coefficient (Wildman–Crippen LogP) is 0.912. The molecule has 0 aromatic carbocycles. The van der Waals surface area contributed by atoms with E-state index < -0.39 is 12.8 Å². The molecule has 2 rings (SSSR count). The summed E-state index contributed by atoms with van der Waals surface area (Å²) in [5.74, 6) is 1.23. The van der Waals surface area contributed by atoms with Crippen molar-refractivity contribution in [1.29, 1.82) is 0 Å². The molecule has 18 heavy (non-hydrogen) atoms. The van der Waals surface area contributed by atoms with Gasteiger partial charge in [0, 0.05) is 25.5 Å². The maximum Gasteiger partial charge on any atom is 0.411 e. The Hall–Kier alpha value is -1.15. The third-order valence-electron chi connectivity index (χ3n) is 2.88. The first kappa shape index (κ1) is 13.3. The van der Waals surface area contributed by atoms with Gasteiger partial charge in [0.05, 0.1) is 0 Å². The van der Waals surface area contributed by atoms with Crippen LogP contribution in [0.3, 0.4) is 0 Å². The normalized spacial score (nSPS) is 19.9. The molecular formula is C10H14F3N3O2. The fourth-order valence-corrected chi connectivity index (χ4v) is 1.96. The summed E-state index contributed by atoms with van der Waals surface area (Å²) in [6.07, 6.45) is -2.84. The molecule has 1 unspecified atom stereocenters. The van der Waals surface area contributed by atoms with Crippen LogP contribution in [0.1, 0.15) is 18.1 Å². The van der Waals surface area contributed by atoms with Crippen LogP contribution in [0.2, 0.25) is 0 Å². The highest BCUT2D eigenvalue weighted by molar-refractivity contribution is 4.99. The quantitative estimate of drug-likeness (QED) is 0.879. The largest absolute Gasteiger partial charge is 0.411 e. The van der Waals surface area contributed by atoms with Gasteiger partial charge in [0.15, 0.2) is 5.82 Å². The molecule has 0 saturated heterocycles.